The summed E-state index contributed by atoms with van der Waals surface area (Å²) in [7, 11) is 0. The van der Waals surface area contributed by atoms with Crippen molar-refractivity contribution in [1.82, 2.24) is 14.5 Å². The zero-order valence-electron chi connectivity index (χ0n) is 18.3. The minimum atomic E-state index is -0.197. The molecular weight excluding hydrogens is 389 g/mol. The minimum Gasteiger partial charge on any atom is -0.355 e. The van der Waals surface area contributed by atoms with Gasteiger partial charge in [-0.3, -0.25) is 0 Å². The maximum atomic E-state index is 13.4. The summed E-state index contributed by atoms with van der Waals surface area (Å²) in [6, 6.07) is 8.90. The van der Waals surface area contributed by atoms with Crippen molar-refractivity contribution in [3.05, 3.63) is 47.9 Å². The number of aromatic nitrogens is 3. The Bertz CT molecular complexity index is 997. The van der Waals surface area contributed by atoms with Gasteiger partial charge in [0.05, 0.1) is 5.52 Å². The SMILES string of the molecule is Fc1ccc(Cn2ccc3nc(N4CCCCCC4)nc(N4CCCCCC4)c32)cc1. The standard InChI is InChI=1S/C25H32FN5/c26-21-11-9-20(10-12-21)19-31-18-13-22-23(31)24(29-14-5-1-2-6-15-29)28-25(27-22)30-16-7-3-4-8-17-30/h9-13,18H,1-8,14-17,19H2. The molecular formula is C25H32FN5. The van der Waals surface area contributed by atoms with Crippen LogP contribution in [-0.4, -0.2) is 40.7 Å². The highest BCUT2D eigenvalue weighted by atomic mass is 19.1. The van der Waals surface area contributed by atoms with Gasteiger partial charge in [0.25, 0.3) is 0 Å². The van der Waals surface area contributed by atoms with Crippen LogP contribution in [0.1, 0.15) is 56.9 Å². The Labute approximate surface area is 183 Å². The fourth-order valence-electron chi connectivity index (χ4n) is 4.91. The van der Waals surface area contributed by atoms with Gasteiger partial charge in [-0.05, 0) is 49.4 Å². The Hall–Kier alpha value is -2.63. The van der Waals surface area contributed by atoms with E-state index in [1.54, 1.807) is 0 Å². The number of hydrogen-bond acceptors (Lipinski definition) is 4. The highest BCUT2D eigenvalue weighted by Gasteiger charge is 2.22. The van der Waals surface area contributed by atoms with E-state index in [0.29, 0.717) is 6.54 Å². The van der Waals surface area contributed by atoms with E-state index in [1.165, 1.54) is 63.5 Å². The average Bonchev–Trinajstić information content (AvgIpc) is 3.01. The van der Waals surface area contributed by atoms with Crippen molar-refractivity contribution in [3.63, 3.8) is 0 Å². The maximum Gasteiger partial charge on any atom is 0.228 e. The lowest BCUT2D eigenvalue weighted by Crippen LogP contribution is -2.29. The second kappa shape index (κ2) is 9.25. The lowest BCUT2D eigenvalue weighted by molar-refractivity contribution is 0.626. The number of rotatable bonds is 4. The Morgan fingerprint density at radius 1 is 0.710 bits per heavy atom. The van der Waals surface area contributed by atoms with Crippen LogP contribution in [0, 0.1) is 5.82 Å². The van der Waals surface area contributed by atoms with Gasteiger partial charge in [-0.2, -0.15) is 4.98 Å². The molecule has 4 heterocycles. The number of hydrogen-bond donors (Lipinski definition) is 0. The Balaban J connectivity index is 1.56. The van der Waals surface area contributed by atoms with Gasteiger partial charge in [-0.1, -0.05) is 37.8 Å². The van der Waals surface area contributed by atoms with Crippen LogP contribution in [0.15, 0.2) is 36.5 Å². The van der Waals surface area contributed by atoms with Crippen LogP contribution in [0.2, 0.25) is 0 Å². The average molecular weight is 422 g/mol. The number of halogens is 1. The largest absolute Gasteiger partial charge is 0.355 e. The zero-order valence-corrected chi connectivity index (χ0v) is 18.3. The van der Waals surface area contributed by atoms with Crippen molar-refractivity contribution < 1.29 is 4.39 Å². The van der Waals surface area contributed by atoms with Crippen molar-refractivity contribution in [2.75, 3.05) is 36.0 Å². The first-order chi connectivity index (χ1) is 15.3. The molecule has 0 bridgehead atoms. The second-order valence-corrected chi connectivity index (χ2v) is 8.95. The molecule has 2 aliphatic rings. The molecule has 0 atom stereocenters. The molecule has 2 saturated heterocycles. The Morgan fingerprint density at radius 2 is 1.32 bits per heavy atom. The molecule has 0 aliphatic carbocycles. The third kappa shape index (κ3) is 4.53. The van der Waals surface area contributed by atoms with Crippen LogP contribution in [-0.2, 0) is 6.54 Å². The fourth-order valence-corrected chi connectivity index (χ4v) is 4.91. The molecule has 164 valence electrons. The second-order valence-electron chi connectivity index (χ2n) is 8.95. The molecule has 3 aromatic rings. The van der Waals surface area contributed by atoms with Gasteiger partial charge in [0.1, 0.15) is 11.3 Å². The van der Waals surface area contributed by atoms with E-state index in [9.17, 15) is 4.39 Å². The van der Waals surface area contributed by atoms with Gasteiger partial charge >= 0.3 is 0 Å². The molecule has 5 rings (SSSR count). The predicted molar refractivity (Wildman–Crippen MR) is 124 cm³/mol. The first-order valence-electron chi connectivity index (χ1n) is 11.9. The van der Waals surface area contributed by atoms with Gasteiger partial charge in [-0.15, -0.1) is 0 Å². The van der Waals surface area contributed by atoms with E-state index in [4.69, 9.17) is 9.97 Å². The molecule has 6 heteroatoms. The molecule has 0 spiro atoms. The molecule has 5 nitrogen and oxygen atoms in total. The normalized spacial score (nSPS) is 18.2. The third-order valence-electron chi connectivity index (χ3n) is 6.64. The van der Waals surface area contributed by atoms with Gasteiger partial charge in [0.15, 0.2) is 5.82 Å². The quantitative estimate of drug-likeness (QED) is 0.567. The van der Waals surface area contributed by atoms with Crippen molar-refractivity contribution in [3.8, 4) is 0 Å². The number of nitrogens with zero attached hydrogens (tertiary/aromatic N) is 5. The summed E-state index contributed by atoms with van der Waals surface area (Å²) in [5.41, 5.74) is 3.19. The van der Waals surface area contributed by atoms with Gasteiger partial charge < -0.3 is 14.4 Å². The maximum absolute atomic E-state index is 13.4. The smallest absolute Gasteiger partial charge is 0.228 e. The molecule has 2 aliphatic heterocycles. The molecule has 0 amide bonds. The molecule has 2 fully saturated rings. The monoisotopic (exact) mass is 421 g/mol. The van der Waals surface area contributed by atoms with Crippen molar-refractivity contribution in [2.45, 2.75) is 57.9 Å². The Kier molecular flexibility index (Phi) is 6.05. The van der Waals surface area contributed by atoms with Crippen LogP contribution in [0.25, 0.3) is 11.0 Å². The van der Waals surface area contributed by atoms with Crippen molar-refractivity contribution >= 4 is 22.8 Å². The van der Waals surface area contributed by atoms with E-state index < -0.39 is 0 Å². The number of anilines is 2. The van der Waals surface area contributed by atoms with Crippen LogP contribution in [0.5, 0.6) is 0 Å². The minimum absolute atomic E-state index is 0.197. The lowest BCUT2D eigenvalue weighted by Gasteiger charge is -2.26. The number of fused-ring (bicyclic) bond motifs is 1. The summed E-state index contributed by atoms with van der Waals surface area (Å²) in [4.78, 5) is 15.0. The fraction of sp³-hybridized carbons (Fsp3) is 0.520. The first kappa shape index (κ1) is 20.3. The molecule has 0 radical (unpaired) electrons. The van der Waals surface area contributed by atoms with Gasteiger partial charge in [-0.25, -0.2) is 9.37 Å². The van der Waals surface area contributed by atoms with Crippen LogP contribution in [0.4, 0.5) is 16.2 Å². The van der Waals surface area contributed by atoms with E-state index in [0.717, 1.165) is 54.5 Å². The highest BCUT2D eigenvalue weighted by molar-refractivity contribution is 5.88. The van der Waals surface area contributed by atoms with Crippen molar-refractivity contribution in [2.24, 2.45) is 0 Å². The zero-order chi connectivity index (χ0) is 21.0. The molecule has 2 aromatic heterocycles. The van der Waals surface area contributed by atoms with E-state index in [-0.39, 0.29) is 5.82 Å². The summed E-state index contributed by atoms with van der Waals surface area (Å²) in [6.07, 6.45) is 12.1. The summed E-state index contributed by atoms with van der Waals surface area (Å²) >= 11 is 0. The predicted octanol–water partition coefficient (Wildman–Crippen LogP) is 5.38. The number of benzene rings is 1. The van der Waals surface area contributed by atoms with Gasteiger partial charge in [0.2, 0.25) is 5.95 Å². The van der Waals surface area contributed by atoms with Crippen molar-refractivity contribution in [1.29, 1.82) is 0 Å². The molecule has 1 aromatic carbocycles. The van der Waals surface area contributed by atoms with Crippen LogP contribution < -0.4 is 9.80 Å². The molecule has 0 N–H and O–H groups in total. The lowest BCUT2D eigenvalue weighted by atomic mass is 10.2. The van der Waals surface area contributed by atoms with E-state index in [1.807, 2.05) is 12.1 Å². The molecule has 31 heavy (non-hydrogen) atoms. The van der Waals surface area contributed by atoms with E-state index in [2.05, 4.69) is 26.6 Å². The van der Waals surface area contributed by atoms with Crippen LogP contribution >= 0.6 is 0 Å². The summed E-state index contributed by atoms with van der Waals surface area (Å²) < 4.78 is 15.6. The first-order valence-corrected chi connectivity index (χ1v) is 11.9. The Morgan fingerprint density at radius 3 is 1.97 bits per heavy atom. The van der Waals surface area contributed by atoms with Crippen LogP contribution in [0.3, 0.4) is 0 Å². The summed E-state index contributed by atoms with van der Waals surface area (Å²) in [5, 5.41) is 0. The third-order valence-corrected chi connectivity index (χ3v) is 6.64. The van der Waals surface area contributed by atoms with E-state index >= 15 is 0 Å². The van der Waals surface area contributed by atoms with Gasteiger partial charge in [0, 0.05) is 38.9 Å². The highest BCUT2D eigenvalue weighted by Crippen LogP contribution is 2.30. The summed E-state index contributed by atoms with van der Waals surface area (Å²) in [5.74, 6) is 1.75. The topological polar surface area (TPSA) is 37.2 Å². The molecule has 0 saturated carbocycles. The summed E-state index contributed by atoms with van der Waals surface area (Å²) in [6.45, 7) is 4.88. The molecule has 0 unspecified atom stereocenters.